The highest BCUT2D eigenvalue weighted by molar-refractivity contribution is 5.79. The Kier molecular flexibility index (Phi) is 3.06. The van der Waals surface area contributed by atoms with E-state index in [0.717, 1.165) is 23.3 Å². The number of benzene rings is 2. The summed E-state index contributed by atoms with van der Waals surface area (Å²) in [6.45, 7) is 4.93. The molecular weight excluding hydrogens is 250 g/mol. The molecule has 4 heteroatoms. The molecule has 102 valence electrons. The highest BCUT2D eigenvalue weighted by Gasteiger charge is 2.14. The molecule has 0 aliphatic carbocycles. The molecule has 0 saturated heterocycles. The lowest BCUT2D eigenvalue weighted by molar-refractivity contribution is 0.595. The zero-order valence-corrected chi connectivity index (χ0v) is 11.6. The van der Waals surface area contributed by atoms with Crippen LogP contribution < -0.4 is 10.6 Å². The Balaban J connectivity index is 2.04. The molecule has 0 saturated carbocycles. The third-order valence-electron chi connectivity index (χ3n) is 3.29. The topological polar surface area (TPSA) is 55.3 Å². The van der Waals surface area contributed by atoms with Crippen LogP contribution in [0.2, 0.25) is 0 Å². The molecule has 1 aromatic heterocycles. The highest BCUT2D eigenvalue weighted by atomic mass is 16.4. The van der Waals surface area contributed by atoms with Gasteiger partial charge in [0.2, 0.25) is 0 Å². The smallest absolute Gasteiger partial charge is 0.302 e. The van der Waals surface area contributed by atoms with Gasteiger partial charge in [0.15, 0.2) is 5.58 Å². The molecule has 0 amide bonds. The van der Waals surface area contributed by atoms with E-state index in [1.807, 2.05) is 23.1 Å². The van der Waals surface area contributed by atoms with E-state index in [4.69, 9.17) is 10.2 Å². The number of nitrogens with zero attached hydrogens (tertiary/aromatic N) is 2. The van der Waals surface area contributed by atoms with Gasteiger partial charge in [-0.3, -0.25) is 4.90 Å². The van der Waals surface area contributed by atoms with Crippen molar-refractivity contribution in [2.24, 2.45) is 0 Å². The van der Waals surface area contributed by atoms with Gasteiger partial charge in [0.25, 0.3) is 0 Å². The van der Waals surface area contributed by atoms with E-state index in [1.165, 1.54) is 5.56 Å². The monoisotopic (exact) mass is 267 g/mol. The average molecular weight is 267 g/mol. The van der Waals surface area contributed by atoms with Gasteiger partial charge in [0, 0.05) is 17.9 Å². The lowest BCUT2D eigenvalue weighted by Gasteiger charge is -2.18. The van der Waals surface area contributed by atoms with Crippen molar-refractivity contribution >= 4 is 28.5 Å². The highest BCUT2D eigenvalue weighted by Crippen LogP contribution is 2.28. The van der Waals surface area contributed by atoms with Crippen molar-refractivity contribution < 1.29 is 4.42 Å². The maximum absolute atomic E-state index is 5.82. The largest absolute Gasteiger partial charge is 0.423 e. The summed E-state index contributed by atoms with van der Waals surface area (Å²) in [4.78, 5) is 6.56. The molecule has 0 atom stereocenters. The van der Waals surface area contributed by atoms with Gasteiger partial charge in [-0.2, -0.15) is 4.98 Å². The molecule has 20 heavy (non-hydrogen) atoms. The third kappa shape index (κ3) is 2.20. The summed E-state index contributed by atoms with van der Waals surface area (Å²) in [5, 5.41) is 0. The summed E-state index contributed by atoms with van der Waals surface area (Å²) >= 11 is 0. The Morgan fingerprint density at radius 3 is 2.60 bits per heavy atom. The lowest BCUT2D eigenvalue weighted by atomic mass is 10.2. The number of anilines is 3. The van der Waals surface area contributed by atoms with Crippen molar-refractivity contribution in [1.82, 2.24) is 4.98 Å². The van der Waals surface area contributed by atoms with E-state index in [2.05, 4.69) is 43.1 Å². The van der Waals surface area contributed by atoms with Gasteiger partial charge < -0.3 is 10.2 Å². The Morgan fingerprint density at radius 1 is 1.15 bits per heavy atom. The molecule has 0 radical (unpaired) electrons. The van der Waals surface area contributed by atoms with Gasteiger partial charge >= 0.3 is 6.01 Å². The van der Waals surface area contributed by atoms with Gasteiger partial charge in [-0.1, -0.05) is 17.7 Å². The number of rotatable bonds is 3. The van der Waals surface area contributed by atoms with Crippen molar-refractivity contribution in [3.8, 4) is 0 Å². The number of hydrogen-bond acceptors (Lipinski definition) is 4. The fraction of sp³-hybridized carbons (Fsp3) is 0.188. The predicted octanol–water partition coefficient (Wildman–Crippen LogP) is 3.88. The number of aromatic nitrogens is 1. The lowest BCUT2D eigenvalue weighted by Crippen LogP contribution is -2.16. The number of hydrogen-bond donors (Lipinski definition) is 1. The molecule has 3 rings (SSSR count). The molecule has 2 N–H and O–H groups in total. The first-order valence-electron chi connectivity index (χ1n) is 6.67. The minimum atomic E-state index is 0.594. The number of nitrogens with two attached hydrogens (primary N) is 1. The van der Waals surface area contributed by atoms with Crippen LogP contribution in [0.15, 0.2) is 46.9 Å². The Labute approximate surface area is 117 Å². The zero-order chi connectivity index (χ0) is 14.1. The van der Waals surface area contributed by atoms with Crippen LogP contribution in [0.5, 0.6) is 0 Å². The summed E-state index contributed by atoms with van der Waals surface area (Å²) < 4.78 is 5.82. The van der Waals surface area contributed by atoms with Gasteiger partial charge in [0.1, 0.15) is 5.52 Å². The Hall–Kier alpha value is -2.49. The third-order valence-corrected chi connectivity index (χ3v) is 3.29. The molecule has 0 fully saturated rings. The summed E-state index contributed by atoms with van der Waals surface area (Å²) in [6, 6.07) is 14.4. The number of oxazole rings is 1. The average Bonchev–Trinajstić information content (AvgIpc) is 2.84. The molecular formula is C16H17N3O. The molecule has 2 aromatic carbocycles. The quantitative estimate of drug-likeness (QED) is 0.732. The summed E-state index contributed by atoms with van der Waals surface area (Å²) in [5.41, 5.74) is 10.3. The summed E-state index contributed by atoms with van der Waals surface area (Å²) in [7, 11) is 0. The SMILES string of the molecule is CCN(c1ccc(C)cc1)c1nc2cc(N)ccc2o1. The molecule has 4 nitrogen and oxygen atoms in total. The van der Waals surface area contributed by atoms with Crippen LogP contribution in [-0.2, 0) is 0 Å². The van der Waals surface area contributed by atoms with E-state index in [0.29, 0.717) is 11.7 Å². The van der Waals surface area contributed by atoms with Crippen LogP contribution in [0.3, 0.4) is 0 Å². The van der Waals surface area contributed by atoms with Crippen molar-refractivity contribution in [3.63, 3.8) is 0 Å². The second-order valence-electron chi connectivity index (χ2n) is 4.80. The van der Waals surface area contributed by atoms with Crippen LogP contribution >= 0.6 is 0 Å². The summed E-state index contributed by atoms with van der Waals surface area (Å²) in [6.07, 6.45) is 0. The molecule has 0 aliphatic rings. The maximum atomic E-state index is 5.82. The Morgan fingerprint density at radius 2 is 1.90 bits per heavy atom. The second-order valence-corrected chi connectivity index (χ2v) is 4.80. The minimum Gasteiger partial charge on any atom is -0.423 e. The minimum absolute atomic E-state index is 0.594. The predicted molar refractivity (Wildman–Crippen MR) is 82.3 cm³/mol. The maximum Gasteiger partial charge on any atom is 0.302 e. The van der Waals surface area contributed by atoms with Crippen LogP contribution in [-0.4, -0.2) is 11.5 Å². The fourth-order valence-electron chi connectivity index (χ4n) is 2.20. The first kappa shape index (κ1) is 12.5. The van der Waals surface area contributed by atoms with Gasteiger partial charge in [-0.05, 0) is 44.2 Å². The fourth-order valence-corrected chi connectivity index (χ4v) is 2.20. The molecule has 0 aliphatic heterocycles. The van der Waals surface area contributed by atoms with E-state index < -0.39 is 0 Å². The van der Waals surface area contributed by atoms with Crippen molar-refractivity contribution in [2.75, 3.05) is 17.2 Å². The molecule has 0 spiro atoms. The first-order valence-corrected chi connectivity index (χ1v) is 6.67. The zero-order valence-electron chi connectivity index (χ0n) is 11.6. The van der Waals surface area contributed by atoms with Crippen LogP contribution in [0.4, 0.5) is 17.4 Å². The van der Waals surface area contributed by atoms with Gasteiger partial charge in [-0.15, -0.1) is 0 Å². The molecule has 3 aromatic rings. The Bertz CT molecular complexity index is 731. The second kappa shape index (κ2) is 4.89. The van der Waals surface area contributed by atoms with Crippen LogP contribution in [0.25, 0.3) is 11.1 Å². The van der Waals surface area contributed by atoms with Crippen molar-refractivity contribution in [3.05, 3.63) is 48.0 Å². The van der Waals surface area contributed by atoms with E-state index in [1.54, 1.807) is 0 Å². The first-order chi connectivity index (χ1) is 9.67. The number of aryl methyl sites for hydroxylation is 1. The van der Waals surface area contributed by atoms with Gasteiger partial charge in [0.05, 0.1) is 0 Å². The standard InChI is InChI=1S/C16H17N3O/c1-3-19(13-7-4-11(2)5-8-13)16-18-14-10-12(17)6-9-15(14)20-16/h4-10H,3,17H2,1-2H3. The number of fused-ring (bicyclic) bond motifs is 1. The normalized spacial score (nSPS) is 10.9. The molecule has 1 heterocycles. The van der Waals surface area contributed by atoms with Crippen molar-refractivity contribution in [2.45, 2.75) is 13.8 Å². The van der Waals surface area contributed by atoms with Gasteiger partial charge in [-0.25, -0.2) is 0 Å². The van der Waals surface area contributed by atoms with Crippen LogP contribution in [0.1, 0.15) is 12.5 Å². The van der Waals surface area contributed by atoms with Crippen molar-refractivity contribution in [1.29, 1.82) is 0 Å². The molecule has 0 bridgehead atoms. The van der Waals surface area contributed by atoms with E-state index >= 15 is 0 Å². The summed E-state index contributed by atoms with van der Waals surface area (Å²) in [5.74, 6) is 0. The number of nitrogen functional groups attached to an aromatic ring is 1. The van der Waals surface area contributed by atoms with Crippen LogP contribution in [0, 0.1) is 6.92 Å². The van der Waals surface area contributed by atoms with E-state index in [9.17, 15) is 0 Å². The van der Waals surface area contributed by atoms with E-state index in [-0.39, 0.29) is 0 Å². The molecule has 0 unspecified atom stereocenters.